The van der Waals surface area contributed by atoms with E-state index in [4.69, 9.17) is 19.9 Å². The van der Waals surface area contributed by atoms with Crippen molar-refractivity contribution in [1.82, 2.24) is 77.4 Å². The third kappa shape index (κ3) is 10.4. The number of nitrogens with zero attached hydrogens (tertiary/aromatic N) is 16. The predicted molar refractivity (Wildman–Crippen MR) is 559 cm³/mol. The van der Waals surface area contributed by atoms with Crippen LogP contribution in [0.3, 0.4) is 0 Å². The molecule has 8 aliphatic carbocycles. The second kappa shape index (κ2) is 27.7. The van der Waals surface area contributed by atoms with Gasteiger partial charge in [0.05, 0.1) is 91.0 Å². The molecule has 0 atom stereocenters. The minimum Gasteiger partial charge on any atom is -0.290 e. The minimum absolute atomic E-state index is 0.959. The molecule has 0 amide bonds. The first-order chi connectivity index (χ1) is 69.4. The second-order valence-electron chi connectivity index (χ2n) is 39.0. The molecule has 8 aliphatic rings. The summed E-state index contributed by atoms with van der Waals surface area (Å²) < 4.78 is 8.96. The lowest BCUT2D eigenvalue weighted by molar-refractivity contribution is 1.16. The minimum atomic E-state index is 0.959. The van der Waals surface area contributed by atoms with Crippen LogP contribution in [0.5, 0.6) is 0 Å². The van der Waals surface area contributed by atoms with Crippen molar-refractivity contribution in [3.05, 3.63) is 431 Å². The van der Waals surface area contributed by atoms with E-state index in [0.717, 1.165) is 178 Å². The number of rotatable bonds is 0. The van der Waals surface area contributed by atoms with Crippen LogP contribution >= 0.6 is 0 Å². The topological polar surface area (TPSA) is 172 Å². The van der Waals surface area contributed by atoms with Crippen molar-refractivity contribution >= 4 is 153 Å². The fraction of sp³-hybridized carbons (Fsp3) is 0.0645. The third-order valence-corrected chi connectivity index (χ3v) is 31.9. The highest BCUT2D eigenvalue weighted by atomic mass is 15.1. The van der Waals surface area contributed by atoms with Crippen molar-refractivity contribution in [3.63, 3.8) is 0 Å². The van der Waals surface area contributed by atoms with Gasteiger partial charge in [-0.1, -0.05) is 127 Å². The Morgan fingerprint density at radius 1 is 0.157 bits per heavy atom. The molecule has 648 valence electrons. The molecule has 0 fully saturated rings. The lowest BCUT2D eigenvalue weighted by Gasteiger charge is -2.12. The number of hydrogen-bond acceptors (Lipinski definition) is 12. The summed E-state index contributed by atoms with van der Waals surface area (Å²) in [5.74, 6) is 0. The molecule has 0 bridgehead atoms. The van der Waals surface area contributed by atoms with Gasteiger partial charge >= 0.3 is 0 Å². The Hall–Kier alpha value is -18.3. The lowest BCUT2D eigenvalue weighted by atomic mass is 9.94. The molecule has 0 N–H and O–H groups in total. The summed E-state index contributed by atoms with van der Waals surface area (Å²) in [6.07, 6.45) is 38.2. The Kier molecular flexibility index (Phi) is 14.9. The van der Waals surface area contributed by atoms with Crippen molar-refractivity contribution < 1.29 is 0 Å². The largest absolute Gasteiger partial charge is 0.290 e. The first-order valence-electron chi connectivity index (χ1n) is 48.1. The fourth-order valence-electron chi connectivity index (χ4n) is 25.9. The Labute approximate surface area is 796 Å². The number of aromatic nitrogens is 16. The average Bonchev–Trinajstić information content (AvgIpc) is 1.55. The van der Waals surface area contributed by atoms with E-state index < -0.39 is 0 Å². The zero-order chi connectivity index (χ0) is 90.7. The SMILES string of the molecule is c1ccc2c(c1)Cc1c-2ccc2c1-c1cc3c(cc1C2)c1cnccc1n1c2cnccc2nc31.c1ccc2c(c1)Cc1c-2ccc2c1Cc1cc3c4cnccc4n4c5cnccc5nc4c3cc1-2.c1ccc2c(c1)Cc1cc3c(cc1-2)-c1cc2c(cc1C3)c1cnccc1n1c3cnccc3nc21.c1ccc2c(c1)Cc1cc3c(cc1-2)Cc1cc2c4cnccc4n4c5cnccc5nc4c2cc1-3. The van der Waals surface area contributed by atoms with Gasteiger partial charge in [0.2, 0.25) is 0 Å². The highest BCUT2D eigenvalue weighted by molar-refractivity contribution is 6.20. The van der Waals surface area contributed by atoms with E-state index in [1.165, 1.54) is 205 Å². The van der Waals surface area contributed by atoms with Gasteiger partial charge in [0, 0.05) is 117 Å². The van der Waals surface area contributed by atoms with Gasteiger partial charge in [0.15, 0.2) is 0 Å². The zero-order valence-electron chi connectivity index (χ0n) is 75.1. The number of imidazole rings is 4. The molecule has 16 aromatic heterocycles. The van der Waals surface area contributed by atoms with Crippen LogP contribution in [0.4, 0.5) is 0 Å². The quantitative estimate of drug-likeness (QED) is 0.132. The van der Waals surface area contributed by atoms with E-state index in [1.807, 2.05) is 123 Å². The Morgan fingerprint density at radius 2 is 0.421 bits per heavy atom. The highest BCUT2D eigenvalue weighted by Gasteiger charge is 2.35. The summed E-state index contributed by atoms with van der Waals surface area (Å²) in [7, 11) is 0. The van der Waals surface area contributed by atoms with Gasteiger partial charge in [0.1, 0.15) is 22.6 Å². The van der Waals surface area contributed by atoms with Crippen molar-refractivity contribution in [2.75, 3.05) is 0 Å². The summed E-state index contributed by atoms with van der Waals surface area (Å²) in [6.45, 7) is 0. The van der Waals surface area contributed by atoms with Crippen molar-refractivity contribution in [2.45, 2.75) is 51.4 Å². The molecule has 16 heteroatoms. The van der Waals surface area contributed by atoms with Gasteiger partial charge in [-0.05, 0) is 366 Å². The molecule has 36 rings (SSSR count). The van der Waals surface area contributed by atoms with Crippen LogP contribution in [0.15, 0.2) is 342 Å². The molecule has 0 aliphatic heterocycles. The number of hydrogen-bond donors (Lipinski definition) is 0. The molecular formula is C124H72N16. The standard InChI is InChI=1S/4C31H18N4/c1-2-4-21-17(3-1)9-18-12-23-19(11-22(18)21)10-20-13-25-26(14-24(20)23)31-34-28-5-7-33-16-30(28)35(31)29-6-8-32-15-27(25)29;1-2-4-21-17(3-1)9-18-10-19-11-20-12-25-26(14-24(20)23(19)13-22(18)21)31-34-28-5-7-33-16-30(28)35(31)29-6-8-32-15-27(25)29;1-2-4-20-17(3-1)12-24-21(20)6-5-18-11-19-13-23-25(14-22(19)30(18)24)31-34-27-7-9-33-16-29(27)35(31)28-8-10-32-15-26(23)28;1-2-4-19-17(3-1)11-23-20(19)5-6-21-22-14-26-25(13-18(22)12-24(21)23)27-15-32-10-8-29(27)35-30-16-33-9-7-28(30)34-31(26)35/h1-8,11-16H,9-10H2;1-8,10,12-16H,9,11H2;2*1-10,13-16H,11-12H2. The molecule has 0 unspecified atom stereocenters. The van der Waals surface area contributed by atoms with Gasteiger partial charge < -0.3 is 0 Å². The van der Waals surface area contributed by atoms with Crippen LogP contribution in [0, 0.1) is 0 Å². The molecule has 140 heavy (non-hydrogen) atoms. The monoisotopic (exact) mass is 1780 g/mol. The third-order valence-electron chi connectivity index (χ3n) is 31.9. The Bertz CT molecular complexity index is 10600. The van der Waals surface area contributed by atoms with Crippen LogP contribution in [-0.2, 0) is 51.4 Å². The van der Waals surface area contributed by atoms with E-state index >= 15 is 0 Å². The normalized spacial score (nSPS) is 13.5. The van der Waals surface area contributed by atoms with Crippen LogP contribution in [0.1, 0.15) is 89.0 Å². The van der Waals surface area contributed by atoms with E-state index in [-0.39, 0.29) is 0 Å². The van der Waals surface area contributed by atoms with Crippen molar-refractivity contribution in [2.24, 2.45) is 0 Å². The Morgan fingerprint density at radius 3 is 0.843 bits per heavy atom. The average molecular weight is 1790 g/mol. The first-order valence-corrected chi connectivity index (χ1v) is 48.1. The van der Waals surface area contributed by atoms with Crippen LogP contribution in [0.2, 0.25) is 0 Å². The van der Waals surface area contributed by atoms with Crippen molar-refractivity contribution in [3.8, 4) is 89.0 Å². The molecule has 0 spiro atoms. The maximum absolute atomic E-state index is 5.08. The summed E-state index contributed by atoms with van der Waals surface area (Å²) in [5.41, 5.74) is 61.2. The molecular weight excluding hydrogens is 1710 g/mol. The number of benzene rings is 12. The van der Waals surface area contributed by atoms with Crippen LogP contribution < -0.4 is 0 Å². The number of pyridine rings is 12. The highest BCUT2D eigenvalue weighted by Crippen LogP contribution is 2.55. The molecule has 28 aromatic rings. The number of fused-ring (bicyclic) bond motifs is 58. The van der Waals surface area contributed by atoms with E-state index in [9.17, 15) is 0 Å². The summed E-state index contributed by atoms with van der Waals surface area (Å²) in [4.78, 5) is 55.8. The first kappa shape index (κ1) is 75.1. The summed E-state index contributed by atoms with van der Waals surface area (Å²) in [5, 5.41) is 14.1. The second-order valence-corrected chi connectivity index (χ2v) is 39.0. The summed E-state index contributed by atoms with van der Waals surface area (Å²) >= 11 is 0. The molecule has 0 radical (unpaired) electrons. The maximum atomic E-state index is 5.08. The lowest BCUT2D eigenvalue weighted by Crippen LogP contribution is -1.94. The molecule has 12 aromatic carbocycles. The van der Waals surface area contributed by atoms with Gasteiger partial charge in [-0.3, -0.25) is 57.5 Å². The van der Waals surface area contributed by atoms with E-state index in [1.54, 1.807) is 0 Å². The smallest absolute Gasteiger partial charge is 0.146 e. The van der Waals surface area contributed by atoms with Crippen LogP contribution in [-0.4, -0.2) is 77.4 Å². The molecule has 16 heterocycles. The fourth-order valence-corrected chi connectivity index (χ4v) is 25.9. The van der Waals surface area contributed by atoms with Gasteiger partial charge in [0.25, 0.3) is 0 Å². The van der Waals surface area contributed by atoms with E-state index in [0.29, 0.717) is 0 Å². The Balaban J connectivity index is 0.0000000829. The van der Waals surface area contributed by atoms with Crippen molar-refractivity contribution in [1.29, 1.82) is 0 Å². The van der Waals surface area contributed by atoms with Gasteiger partial charge in [-0.15, -0.1) is 0 Å². The summed E-state index contributed by atoms with van der Waals surface area (Å²) in [6, 6.07) is 89.7. The molecule has 0 saturated carbocycles. The van der Waals surface area contributed by atoms with Gasteiger partial charge in [-0.25, -0.2) is 19.9 Å². The molecule has 16 nitrogen and oxygen atoms in total. The van der Waals surface area contributed by atoms with Crippen LogP contribution in [0.25, 0.3) is 242 Å². The van der Waals surface area contributed by atoms with E-state index in [2.05, 4.69) is 276 Å². The van der Waals surface area contributed by atoms with Gasteiger partial charge in [-0.2, -0.15) is 0 Å². The molecule has 0 saturated heterocycles. The predicted octanol–water partition coefficient (Wildman–Crippen LogP) is 26.9. The zero-order valence-corrected chi connectivity index (χ0v) is 75.1. The maximum Gasteiger partial charge on any atom is 0.146 e.